The molecule has 1 aliphatic heterocycles. The van der Waals surface area contributed by atoms with Crippen LogP contribution in [0.25, 0.3) is 0 Å². The van der Waals surface area contributed by atoms with Gasteiger partial charge in [0.1, 0.15) is 13.6 Å². The molecule has 0 N–H and O–H groups in total. The second-order valence-corrected chi connectivity index (χ2v) is 3.81. The third-order valence-corrected chi connectivity index (χ3v) is 2.74. The summed E-state index contributed by atoms with van der Waals surface area (Å²) >= 11 is 0. The van der Waals surface area contributed by atoms with Crippen LogP contribution in [0, 0.1) is 6.92 Å². The first-order valence-corrected chi connectivity index (χ1v) is 5.09. The van der Waals surface area contributed by atoms with Crippen molar-refractivity contribution < 1.29 is 4.58 Å². The van der Waals surface area contributed by atoms with Crippen molar-refractivity contribution in [1.29, 1.82) is 0 Å². The van der Waals surface area contributed by atoms with E-state index in [4.69, 9.17) is 0 Å². The molecule has 0 radical (unpaired) electrons. The molecule has 0 unspecified atom stereocenters. The van der Waals surface area contributed by atoms with Crippen LogP contribution in [0.2, 0.25) is 0 Å². The Labute approximate surface area is 85.4 Å². The quantitative estimate of drug-likeness (QED) is 0.592. The van der Waals surface area contributed by atoms with Gasteiger partial charge in [0, 0.05) is 18.1 Å². The van der Waals surface area contributed by atoms with E-state index in [9.17, 15) is 0 Å². The molecule has 1 aliphatic rings. The summed E-state index contributed by atoms with van der Waals surface area (Å²) in [6.07, 6.45) is 5.64. The number of rotatable bonds is 1. The van der Waals surface area contributed by atoms with Crippen LogP contribution in [-0.2, 0) is 0 Å². The number of nitrogens with zero attached hydrogens (tertiary/aromatic N) is 1. The second-order valence-electron chi connectivity index (χ2n) is 3.81. The molecule has 1 aromatic carbocycles. The summed E-state index contributed by atoms with van der Waals surface area (Å²) in [7, 11) is 2.16. The van der Waals surface area contributed by atoms with Gasteiger partial charge in [-0.1, -0.05) is 24.3 Å². The normalized spacial score (nSPS) is 16.1. The maximum Gasteiger partial charge on any atom is 0.206 e. The van der Waals surface area contributed by atoms with Crippen LogP contribution in [-0.4, -0.2) is 23.9 Å². The zero-order valence-electron chi connectivity index (χ0n) is 8.83. The minimum atomic E-state index is 1.13. The Morgan fingerprint density at radius 2 is 2.00 bits per heavy atom. The van der Waals surface area contributed by atoms with Gasteiger partial charge in [-0.05, 0) is 18.6 Å². The van der Waals surface area contributed by atoms with Crippen molar-refractivity contribution in [3.63, 3.8) is 0 Å². The molecule has 0 amide bonds. The summed E-state index contributed by atoms with van der Waals surface area (Å²) in [5.74, 6) is 0. The van der Waals surface area contributed by atoms with Crippen molar-refractivity contribution in [1.82, 2.24) is 0 Å². The minimum Gasteiger partial charge on any atom is -0.232 e. The zero-order chi connectivity index (χ0) is 9.97. The highest BCUT2D eigenvalue weighted by atomic mass is 15.0. The van der Waals surface area contributed by atoms with Crippen molar-refractivity contribution in [3.05, 3.63) is 47.5 Å². The lowest BCUT2D eigenvalue weighted by Gasteiger charge is -2.08. The Balaban J connectivity index is 2.49. The van der Waals surface area contributed by atoms with Gasteiger partial charge in [-0.25, -0.2) is 4.58 Å². The Morgan fingerprint density at radius 3 is 2.71 bits per heavy atom. The number of hydrogen-bond acceptors (Lipinski definition) is 0. The molecule has 1 aromatic rings. The summed E-state index contributed by atoms with van der Waals surface area (Å²) in [5, 5.41) is 0. The summed E-state index contributed by atoms with van der Waals surface area (Å²) < 4.78 is 2.32. The highest BCUT2D eigenvalue weighted by Crippen LogP contribution is 2.11. The largest absolute Gasteiger partial charge is 0.232 e. The second kappa shape index (κ2) is 3.79. The Morgan fingerprint density at radius 1 is 1.21 bits per heavy atom. The van der Waals surface area contributed by atoms with Crippen molar-refractivity contribution >= 4 is 5.71 Å². The lowest BCUT2D eigenvalue weighted by atomic mass is 10.0. The summed E-state index contributed by atoms with van der Waals surface area (Å²) in [4.78, 5) is 0. The van der Waals surface area contributed by atoms with Gasteiger partial charge in [-0.15, -0.1) is 0 Å². The van der Waals surface area contributed by atoms with Crippen molar-refractivity contribution in [2.24, 2.45) is 0 Å². The third kappa shape index (κ3) is 1.63. The highest BCUT2D eigenvalue weighted by Gasteiger charge is 2.14. The van der Waals surface area contributed by atoms with Crippen LogP contribution in [0.15, 0.2) is 36.4 Å². The summed E-state index contributed by atoms with van der Waals surface area (Å²) in [6.45, 7) is 3.29. The molecule has 2 rings (SSSR count). The molecule has 0 aliphatic carbocycles. The number of allylic oxidation sites excluding steroid dienone is 1. The van der Waals surface area contributed by atoms with E-state index in [0.29, 0.717) is 0 Å². The van der Waals surface area contributed by atoms with Crippen molar-refractivity contribution in [2.75, 3.05) is 13.6 Å². The van der Waals surface area contributed by atoms with Gasteiger partial charge < -0.3 is 0 Å². The predicted molar refractivity (Wildman–Crippen MR) is 60.1 cm³/mol. The Kier molecular flexibility index (Phi) is 2.49. The first-order chi connectivity index (χ1) is 6.79. The van der Waals surface area contributed by atoms with Crippen LogP contribution in [0.1, 0.15) is 17.5 Å². The van der Waals surface area contributed by atoms with Crippen LogP contribution >= 0.6 is 0 Å². The molecule has 1 heteroatoms. The van der Waals surface area contributed by atoms with Gasteiger partial charge >= 0.3 is 0 Å². The lowest BCUT2D eigenvalue weighted by Crippen LogP contribution is -2.21. The summed E-state index contributed by atoms with van der Waals surface area (Å²) in [6, 6.07) is 8.55. The molecular weight excluding hydrogens is 170 g/mol. The first-order valence-electron chi connectivity index (χ1n) is 5.09. The van der Waals surface area contributed by atoms with E-state index < -0.39 is 0 Å². The number of benzene rings is 1. The van der Waals surface area contributed by atoms with Crippen molar-refractivity contribution in [3.8, 4) is 0 Å². The van der Waals surface area contributed by atoms with Crippen LogP contribution in [0.3, 0.4) is 0 Å². The van der Waals surface area contributed by atoms with Crippen LogP contribution in [0.5, 0.6) is 0 Å². The molecule has 0 aromatic heterocycles. The maximum atomic E-state index is 2.32. The average Bonchev–Trinajstić information content (AvgIpc) is 2.20. The molecule has 1 heterocycles. The fourth-order valence-corrected chi connectivity index (χ4v) is 1.87. The molecule has 72 valence electrons. The van der Waals surface area contributed by atoms with Crippen LogP contribution in [0.4, 0.5) is 0 Å². The molecule has 0 saturated carbocycles. The predicted octanol–water partition coefficient (Wildman–Crippen LogP) is 2.39. The first kappa shape index (κ1) is 9.20. The topological polar surface area (TPSA) is 3.01 Å². The van der Waals surface area contributed by atoms with Crippen LogP contribution < -0.4 is 0 Å². The molecule has 0 fully saturated rings. The smallest absolute Gasteiger partial charge is 0.206 e. The molecule has 1 nitrogen and oxygen atoms in total. The van der Waals surface area contributed by atoms with E-state index in [1.54, 1.807) is 0 Å². The number of hydrogen-bond donors (Lipinski definition) is 0. The van der Waals surface area contributed by atoms with E-state index in [0.717, 1.165) is 13.0 Å². The molecule has 0 bridgehead atoms. The average molecular weight is 186 g/mol. The maximum absolute atomic E-state index is 2.32. The monoisotopic (exact) mass is 186 g/mol. The number of aryl methyl sites for hydroxylation is 1. The summed E-state index contributed by atoms with van der Waals surface area (Å²) in [5.41, 5.74) is 4.04. The fraction of sp³-hybridized carbons (Fsp3) is 0.308. The Hall–Kier alpha value is -1.37. The van der Waals surface area contributed by atoms with Crippen molar-refractivity contribution in [2.45, 2.75) is 13.3 Å². The van der Waals surface area contributed by atoms with Gasteiger partial charge in [0.05, 0.1) is 0 Å². The van der Waals surface area contributed by atoms with E-state index in [2.05, 4.69) is 55.0 Å². The van der Waals surface area contributed by atoms with E-state index in [1.807, 2.05) is 0 Å². The van der Waals surface area contributed by atoms with Gasteiger partial charge in [0.15, 0.2) is 0 Å². The fourth-order valence-electron chi connectivity index (χ4n) is 1.87. The SMILES string of the molecule is Cc1ccccc1C1=[N+](C)CCC=C1. The van der Waals surface area contributed by atoms with Gasteiger partial charge in [-0.2, -0.15) is 0 Å². The Bertz CT molecular complexity index is 399. The molecule has 0 spiro atoms. The van der Waals surface area contributed by atoms with E-state index in [-0.39, 0.29) is 0 Å². The van der Waals surface area contributed by atoms with Gasteiger partial charge in [0.2, 0.25) is 5.71 Å². The van der Waals surface area contributed by atoms with E-state index in [1.165, 1.54) is 16.8 Å². The molecule has 0 saturated heterocycles. The standard InChI is InChI=1S/C13H16N/c1-11-7-3-4-8-12(11)13-9-5-6-10-14(13)2/h3-5,7-9H,6,10H2,1-2H3/q+1. The lowest BCUT2D eigenvalue weighted by molar-refractivity contribution is -0.496. The molecule has 14 heavy (non-hydrogen) atoms. The molecular formula is C13H16N+. The van der Waals surface area contributed by atoms with Gasteiger partial charge in [-0.3, -0.25) is 0 Å². The third-order valence-electron chi connectivity index (χ3n) is 2.74. The molecule has 0 atom stereocenters. The zero-order valence-corrected chi connectivity index (χ0v) is 8.83. The minimum absolute atomic E-state index is 1.13. The highest BCUT2D eigenvalue weighted by molar-refractivity contribution is 6.06. The van der Waals surface area contributed by atoms with E-state index >= 15 is 0 Å². The van der Waals surface area contributed by atoms with Gasteiger partial charge in [0.25, 0.3) is 0 Å².